The van der Waals surface area contributed by atoms with Crippen molar-refractivity contribution in [1.29, 1.82) is 0 Å². The van der Waals surface area contributed by atoms with Gasteiger partial charge in [-0.15, -0.1) is 11.3 Å². The Kier molecular flexibility index (Phi) is 6.08. The van der Waals surface area contributed by atoms with E-state index in [9.17, 15) is 14.4 Å². The number of hydrogen-bond acceptors (Lipinski definition) is 5. The van der Waals surface area contributed by atoms with E-state index < -0.39 is 5.97 Å². The molecule has 1 atom stereocenters. The summed E-state index contributed by atoms with van der Waals surface area (Å²) in [6, 6.07) is 10.0. The topological polar surface area (TPSA) is 84.5 Å². The molecule has 0 aliphatic carbocycles. The second-order valence-electron chi connectivity index (χ2n) is 5.14. The molecule has 2 aromatic rings. The Hall–Kier alpha value is -2.67. The zero-order valence-corrected chi connectivity index (χ0v) is 14.2. The van der Waals surface area contributed by atoms with Crippen molar-refractivity contribution in [1.82, 2.24) is 5.32 Å². The van der Waals surface area contributed by atoms with Crippen LogP contribution in [0.5, 0.6) is 0 Å². The summed E-state index contributed by atoms with van der Waals surface area (Å²) in [6.07, 6.45) is 0. The van der Waals surface area contributed by atoms with Gasteiger partial charge in [0.2, 0.25) is 5.91 Å². The molecule has 7 heteroatoms. The average molecular weight is 346 g/mol. The molecule has 24 heavy (non-hydrogen) atoms. The SMILES string of the molecule is CC(=O)Nc1cccc(C(=O)OCC(=O)N[C@@H](C)c2cccs2)c1. The van der Waals surface area contributed by atoms with Crippen LogP contribution in [-0.4, -0.2) is 24.4 Å². The molecule has 6 nitrogen and oxygen atoms in total. The predicted molar refractivity (Wildman–Crippen MR) is 91.9 cm³/mol. The van der Waals surface area contributed by atoms with Gasteiger partial charge < -0.3 is 15.4 Å². The van der Waals surface area contributed by atoms with E-state index >= 15 is 0 Å². The molecule has 1 aromatic heterocycles. The monoisotopic (exact) mass is 346 g/mol. The van der Waals surface area contributed by atoms with E-state index in [1.807, 2.05) is 24.4 Å². The van der Waals surface area contributed by atoms with Gasteiger partial charge in [0, 0.05) is 17.5 Å². The minimum absolute atomic E-state index is 0.140. The molecular weight excluding hydrogens is 328 g/mol. The maximum Gasteiger partial charge on any atom is 0.338 e. The molecule has 0 aliphatic rings. The zero-order valence-electron chi connectivity index (χ0n) is 13.4. The summed E-state index contributed by atoms with van der Waals surface area (Å²) in [7, 11) is 0. The number of carbonyl (C=O) groups is 3. The number of ether oxygens (including phenoxy) is 1. The van der Waals surface area contributed by atoms with Gasteiger partial charge in [-0.1, -0.05) is 12.1 Å². The van der Waals surface area contributed by atoms with Gasteiger partial charge in [0.15, 0.2) is 6.61 Å². The van der Waals surface area contributed by atoms with Crippen molar-refractivity contribution in [3.8, 4) is 0 Å². The van der Waals surface area contributed by atoms with Crippen LogP contribution in [0.4, 0.5) is 5.69 Å². The van der Waals surface area contributed by atoms with Gasteiger partial charge in [0.05, 0.1) is 11.6 Å². The predicted octanol–water partition coefficient (Wildman–Crippen LogP) is 2.74. The van der Waals surface area contributed by atoms with Crippen LogP contribution in [0.15, 0.2) is 41.8 Å². The summed E-state index contributed by atoms with van der Waals surface area (Å²) in [6.45, 7) is 2.88. The Bertz CT molecular complexity index is 728. The molecule has 1 heterocycles. The van der Waals surface area contributed by atoms with Crippen LogP contribution in [0.3, 0.4) is 0 Å². The molecule has 0 unspecified atom stereocenters. The van der Waals surface area contributed by atoms with Crippen molar-refractivity contribution in [2.45, 2.75) is 19.9 Å². The first-order valence-electron chi connectivity index (χ1n) is 7.33. The Morgan fingerprint density at radius 2 is 2.00 bits per heavy atom. The van der Waals surface area contributed by atoms with E-state index in [1.54, 1.807) is 29.5 Å². The van der Waals surface area contributed by atoms with E-state index in [0.717, 1.165) is 4.88 Å². The van der Waals surface area contributed by atoms with Crippen molar-refractivity contribution in [3.05, 3.63) is 52.2 Å². The van der Waals surface area contributed by atoms with E-state index in [2.05, 4.69) is 10.6 Å². The normalized spacial score (nSPS) is 11.4. The summed E-state index contributed by atoms with van der Waals surface area (Å²) >= 11 is 1.54. The number of carbonyl (C=O) groups excluding carboxylic acids is 3. The van der Waals surface area contributed by atoms with Crippen LogP contribution in [0.1, 0.15) is 35.1 Å². The Morgan fingerprint density at radius 3 is 2.67 bits per heavy atom. The number of anilines is 1. The first-order chi connectivity index (χ1) is 11.5. The molecule has 0 fully saturated rings. The maximum absolute atomic E-state index is 12.0. The average Bonchev–Trinajstić information content (AvgIpc) is 3.06. The second kappa shape index (κ2) is 8.26. The van der Waals surface area contributed by atoms with Gasteiger partial charge in [-0.2, -0.15) is 0 Å². The lowest BCUT2D eigenvalue weighted by Crippen LogP contribution is -2.30. The molecule has 0 saturated heterocycles. The number of nitrogens with one attached hydrogen (secondary N) is 2. The van der Waals surface area contributed by atoms with Gasteiger partial charge in [-0.25, -0.2) is 4.79 Å². The van der Waals surface area contributed by atoms with Crippen LogP contribution in [0, 0.1) is 0 Å². The molecule has 0 radical (unpaired) electrons. The molecule has 2 rings (SSSR count). The number of amides is 2. The largest absolute Gasteiger partial charge is 0.452 e. The highest BCUT2D eigenvalue weighted by Gasteiger charge is 2.14. The van der Waals surface area contributed by atoms with Crippen molar-refractivity contribution in [2.24, 2.45) is 0 Å². The van der Waals surface area contributed by atoms with Crippen LogP contribution in [0.2, 0.25) is 0 Å². The second-order valence-corrected chi connectivity index (χ2v) is 6.12. The highest BCUT2D eigenvalue weighted by Crippen LogP contribution is 2.18. The summed E-state index contributed by atoms with van der Waals surface area (Å²) in [5.41, 5.74) is 0.757. The lowest BCUT2D eigenvalue weighted by Gasteiger charge is -2.12. The zero-order chi connectivity index (χ0) is 17.5. The summed E-state index contributed by atoms with van der Waals surface area (Å²) in [4.78, 5) is 35.9. The summed E-state index contributed by atoms with van der Waals surface area (Å²) < 4.78 is 5.01. The standard InChI is InChI=1S/C17H18N2O4S/c1-11(15-7-4-8-24-15)18-16(21)10-23-17(22)13-5-3-6-14(9-13)19-12(2)20/h3-9,11H,10H2,1-2H3,(H,18,21)(H,19,20)/t11-/m0/s1. The molecule has 0 aliphatic heterocycles. The van der Waals surface area contributed by atoms with Gasteiger partial charge in [-0.05, 0) is 36.6 Å². The fraction of sp³-hybridized carbons (Fsp3) is 0.235. The fourth-order valence-corrected chi connectivity index (χ4v) is 2.77. The Morgan fingerprint density at radius 1 is 1.21 bits per heavy atom. The number of rotatable bonds is 6. The van der Waals surface area contributed by atoms with E-state index in [1.165, 1.54) is 13.0 Å². The van der Waals surface area contributed by atoms with Crippen molar-refractivity contribution >= 4 is 34.8 Å². The third kappa shape index (κ3) is 5.20. The number of thiophene rings is 1. The Labute approximate surface area is 143 Å². The van der Waals surface area contributed by atoms with Gasteiger partial charge >= 0.3 is 5.97 Å². The highest BCUT2D eigenvalue weighted by atomic mass is 32.1. The van der Waals surface area contributed by atoms with Crippen molar-refractivity contribution < 1.29 is 19.1 Å². The number of benzene rings is 1. The summed E-state index contributed by atoms with van der Waals surface area (Å²) in [5, 5.41) is 7.28. The van der Waals surface area contributed by atoms with E-state index in [0.29, 0.717) is 5.69 Å². The fourth-order valence-electron chi connectivity index (χ4n) is 2.03. The third-order valence-electron chi connectivity index (χ3n) is 3.10. The molecule has 126 valence electrons. The van der Waals surface area contributed by atoms with Gasteiger partial charge in [-0.3, -0.25) is 9.59 Å². The lowest BCUT2D eigenvalue weighted by molar-refractivity contribution is -0.124. The first kappa shape index (κ1) is 17.7. The van der Waals surface area contributed by atoms with Crippen molar-refractivity contribution in [2.75, 3.05) is 11.9 Å². The molecule has 1 aromatic carbocycles. The van der Waals surface area contributed by atoms with Crippen molar-refractivity contribution in [3.63, 3.8) is 0 Å². The molecular formula is C17H18N2O4S. The quantitative estimate of drug-likeness (QED) is 0.788. The number of hydrogen-bond donors (Lipinski definition) is 2. The molecule has 2 amide bonds. The van der Waals surface area contributed by atoms with Crippen LogP contribution in [0.25, 0.3) is 0 Å². The highest BCUT2D eigenvalue weighted by molar-refractivity contribution is 7.10. The first-order valence-corrected chi connectivity index (χ1v) is 8.21. The third-order valence-corrected chi connectivity index (χ3v) is 4.16. The minimum atomic E-state index is -0.624. The smallest absolute Gasteiger partial charge is 0.338 e. The van der Waals surface area contributed by atoms with E-state index in [4.69, 9.17) is 4.74 Å². The lowest BCUT2D eigenvalue weighted by atomic mass is 10.2. The van der Waals surface area contributed by atoms with Crippen LogP contribution in [-0.2, 0) is 14.3 Å². The van der Waals surface area contributed by atoms with E-state index in [-0.39, 0.29) is 30.0 Å². The molecule has 0 bridgehead atoms. The number of esters is 1. The Balaban J connectivity index is 1.86. The summed E-state index contributed by atoms with van der Waals surface area (Å²) in [5.74, 6) is -1.23. The van der Waals surface area contributed by atoms with Gasteiger partial charge in [0.1, 0.15) is 0 Å². The van der Waals surface area contributed by atoms with Crippen LogP contribution >= 0.6 is 11.3 Å². The maximum atomic E-state index is 12.0. The molecule has 0 spiro atoms. The minimum Gasteiger partial charge on any atom is -0.452 e. The van der Waals surface area contributed by atoms with Gasteiger partial charge in [0.25, 0.3) is 5.91 Å². The molecule has 2 N–H and O–H groups in total. The molecule has 0 saturated carbocycles. The van der Waals surface area contributed by atoms with Crippen LogP contribution < -0.4 is 10.6 Å².